The Hall–Kier alpha value is -1.83. The average Bonchev–Trinajstić information content (AvgIpc) is 2.41. The Labute approximate surface area is 119 Å². The summed E-state index contributed by atoms with van der Waals surface area (Å²) in [6.45, 7) is 2.61. The number of anilines is 1. The van der Waals surface area contributed by atoms with E-state index in [2.05, 4.69) is 10.3 Å². The SMILES string of the molecule is CC1CCN(C(=O)Nc2ccc(C(F)(F)F)nc2)CC1O. The second kappa shape index (κ2) is 5.88. The Bertz CT molecular complexity index is 504. The average molecular weight is 303 g/mol. The largest absolute Gasteiger partial charge is 0.433 e. The van der Waals surface area contributed by atoms with Crippen molar-refractivity contribution in [3.05, 3.63) is 24.0 Å². The number of hydrogen-bond donors (Lipinski definition) is 2. The number of aliphatic hydroxyl groups is 1. The second-order valence-corrected chi connectivity index (χ2v) is 5.14. The van der Waals surface area contributed by atoms with Crippen molar-refractivity contribution in [3.63, 3.8) is 0 Å². The smallest absolute Gasteiger partial charge is 0.391 e. The predicted octanol–water partition coefficient (Wildman–Crippen LogP) is 2.34. The number of carbonyl (C=O) groups is 1. The van der Waals surface area contributed by atoms with Gasteiger partial charge in [-0.25, -0.2) is 9.78 Å². The van der Waals surface area contributed by atoms with Gasteiger partial charge in [-0.2, -0.15) is 13.2 Å². The van der Waals surface area contributed by atoms with Gasteiger partial charge in [0.2, 0.25) is 0 Å². The van der Waals surface area contributed by atoms with Crippen molar-refractivity contribution in [1.29, 1.82) is 0 Å². The van der Waals surface area contributed by atoms with Crippen LogP contribution in [0.5, 0.6) is 0 Å². The number of alkyl halides is 3. The van der Waals surface area contributed by atoms with Crippen LogP contribution in [0.15, 0.2) is 18.3 Å². The molecule has 0 radical (unpaired) electrons. The highest BCUT2D eigenvalue weighted by molar-refractivity contribution is 5.89. The molecule has 2 rings (SSSR count). The standard InChI is InChI=1S/C13H16F3N3O2/c1-8-4-5-19(7-10(8)20)12(21)18-9-2-3-11(17-6-9)13(14,15)16/h2-3,6,8,10,20H,4-5,7H2,1H3,(H,18,21). The molecule has 8 heteroatoms. The Morgan fingerprint density at radius 1 is 1.48 bits per heavy atom. The minimum Gasteiger partial charge on any atom is -0.391 e. The predicted molar refractivity (Wildman–Crippen MR) is 69.6 cm³/mol. The van der Waals surface area contributed by atoms with Crippen molar-refractivity contribution in [2.75, 3.05) is 18.4 Å². The van der Waals surface area contributed by atoms with E-state index in [4.69, 9.17) is 0 Å². The molecule has 2 atom stereocenters. The monoisotopic (exact) mass is 303 g/mol. The van der Waals surface area contributed by atoms with Crippen LogP contribution in [-0.4, -0.2) is 40.2 Å². The minimum absolute atomic E-state index is 0.127. The van der Waals surface area contributed by atoms with Crippen LogP contribution < -0.4 is 5.32 Å². The van der Waals surface area contributed by atoms with E-state index in [0.717, 1.165) is 18.3 Å². The summed E-state index contributed by atoms with van der Waals surface area (Å²) in [6.07, 6.45) is -3.45. The van der Waals surface area contributed by atoms with Crippen molar-refractivity contribution >= 4 is 11.7 Å². The van der Waals surface area contributed by atoms with Gasteiger partial charge in [-0.3, -0.25) is 0 Å². The number of carbonyl (C=O) groups excluding carboxylic acids is 1. The first-order valence-corrected chi connectivity index (χ1v) is 6.54. The summed E-state index contributed by atoms with van der Waals surface area (Å²) < 4.78 is 37.1. The van der Waals surface area contributed by atoms with Crippen LogP contribution in [0, 0.1) is 5.92 Å². The Morgan fingerprint density at radius 3 is 2.71 bits per heavy atom. The van der Waals surface area contributed by atoms with Gasteiger partial charge >= 0.3 is 12.2 Å². The number of aromatic nitrogens is 1. The number of pyridine rings is 1. The van der Waals surface area contributed by atoms with E-state index in [1.165, 1.54) is 4.90 Å². The molecule has 2 unspecified atom stereocenters. The van der Waals surface area contributed by atoms with Crippen LogP contribution in [0.25, 0.3) is 0 Å². The van der Waals surface area contributed by atoms with Gasteiger partial charge in [-0.05, 0) is 24.5 Å². The highest BCUT2D eigenvalue weighted by atomic mass is 19.4. The molecule has 2 N–H and O–H groups in total. The molecule has 1 fully saturated rings. The molecular weight excluding hydrogens is 287 g/mol. The van der Waals surface area contributed by atoms with Crippen LogP contribution in [0.1, 0.15) is 19.0 Å². The quantitative estimate of drug-likeness (QED) is 0.837. The molecule has 0 aromatic carbocycles. The first-order valence-electron chi connectivity index (χ1n) is 6.54. The maximum Gasteiger partial charge on any atom is 0.433 e. The van der Waals surface area contributed by atoms with Gasteiger partial charge in [0.1, 0.15) is 5.69 Å². The van der Waals surface area contributed by atoms with Crippen LogP contribution in [0.3, 0.4) is 0 Å². The molecule has 21 heavy (non-hydrogen) atoms. The highest BCUT2D eigenvalue weighted by Crippen LogP contribution is 2.27. The number of likely N-dealkylation sites (tertiary alicyclic amines) is 1. The van der Waals surface area contributed by atoms with Crippen LogP contribution >= 0.6 is 0 Å². The van der Waals surface area contributed by atoms with Gasteiger partial charge in [-0.15, -0.1) is 0 Å². The summed E-state index contributed by atoms with van der Waals surface area (Å²) >= 11 is 0. The molecule has 0 aliphatic carbocycles. The number of amides is 2. The summed E-state index contributed by atoms with van der Waals surface area (Å²) in [4.78, 5) is 16.7. The van der Waals surface area contributed by atoms with Gasteiger partial charge in [0.05, 0.1) is 18.0 Å². The molecule has 2 amide bonds. The number of rotatable bonds is 1. The number of piperidine rings is 1. The van der Waals surface area contributed by atoms with Crippen LogP contribution in [0.2, 0.25) is 0 Å². The lowest BCUT2D eigenvalue weighted by Gasteiger charge is -2.34. The van der Waals surface area contributed by atoms with Crippen molar-refractivity contribution in [1.82, 2.24) is 9.88 Å². The number of β-amino-alcohol motifs (C(OH)–C–C–N with tert-alkyl or cyclic N) is 1. The zero-order valence-corrected chi connectivity index (χ0v) is 11.4. The third-order valence-corrected chi connectivity index (χ3v) is 3.51. The number of nitrogens with one attached hydrogen (secondary N) is 1. The summed E-state index contributed by atoms with van der Waals surface area (Å²) in [5.74, 6) is 0.127. The van der Waals surface area contributed by atoms with E-state index >= 15 is 0 Å². The topological polar surface area (TPSA) is 65.5 Å². The van der Waals surface area contributed by atoms with E-state index in [1.54, 1.807) is 0 Å². The van der Waals surface area contributed by atoms with Gasteiger partial charge in [-0.1, -0.05) is 6.92 Å². The van der Waals surface area contributed by atoms with Crippen molar-refractivity contribution in [3.8, 4) is 0 Å². The molecule has 1 aromatic heterocycles. The van der Waals surface area contributed by atoms with Gasteiger partial charge in [0.25, 0.3) is 0 Å². The van der Waals surface area contributed by atoms with Crippen LogP contribution in [0.4, 0.5) is 23.7 Å². The lowest BCUT2D eigenvalue weighted by atomic mass is 9.96. The normalized spacial score (nSPS) is 23.0. The first kappa shape index (κ1) is 15.6. The maximum absolute atomic E-state index is 12.4. The Kier molecular flexibility index (Phi) is 4.36. The van der Waals surface area contributed by atoms with E-state index in [1.807, 2.05) is 6.92 Å². The zero-order valence-electron chi connectivity index (χ0n) is 11.4. The molecule has 116 valence electrons. The molecule has 0 bridgehead atoms. The molecule has 1 aliphatic heterocycles. The van der Waals surface area contributed by atoms with Gasteiger partial charge < -0.3 is 15.3 Å². The highest BCUT2D eigenvalue weighted by Gasteiger charge is 2.32. The minimum atomic E-state index is -4.50. The molecule has 0 saturated carbocycles. The lowest BCUT2D eigenvalue weighted by molar-refractivity contribution is -0.141. The fraction of sp³-hybridized carbons (Fsp3) is 0.538. The molecule has 1 aromatic rings. The van der Waals surface area contributed by atoms with E-state index in [-0.39, 0.29) is 18.2 Å². The van der Waals surface area contributed by atoms with Crippen molar-refractivity contribution in [2.24, 2.45) is 5.92 Å². The summed E-state index contributed by atoms with van der Waals surface area (Å²) in [5, 5.41) is 12.2. The lowest BCUT2D eigenvalue weighted by Crippen LogP contribution is -2.47. The first-order chi connectivity index (χ1) is 9.77. The summed E-state index contributed by atoms with van der Waals surface area (Å²) in [6, 6.07) is 1.50. The number of halogens is 3. The summed E-state index contributed by atoms with van der Waals surface area (Å²) in [5.41, 5.74) is -0.830. The van der Waals surface area contributed by atoms with E-state index < -0.39 is 24.0 Å². The van der Waals surface area contributed by atoms with E-state index in [0.29, 0.717) is 13.0 Å². The summed E-state index contributed by atoms with van der Waals surface area (Å²) in [7, 11) is 0. The van der Waals surface area contributed by atoms with Gasteiger partial charge in [0, 0.05) is 13.1 Å². The number of hydrogen-bond acceptors (Lipinski definition) is 3. The number of aliphatic hydroxyl groups excluding tert-OH is 1. The molecule has 0 spiro atoms. The third-order valence-electron chi connectivity index (χ3n) is 3.51. The Morgan fingerprint density at radius 2 is 2.19 bits per heavy atom. The Balaban J connectivity index is 1.97. The number of nitrogens with zero attached hydrogens (tertiary/aromatic N) is 2. The molecule has 1 saturated heterocycles. The number of urea groups is 1. The second-order valence-electron chi connectivity index (χ2n) is 5.14. The zero-order chi connectivity index (χ0) is 15.6. The molecule has 2 heterocycles. The fourth-order valence-corrected chi connectivity index (χ4v) is 2.07. The maximum atomic E-state index is 12.4. The van der Waals surface area contributed by atoms with Crippen LogP contribution in [-0.2, 0) is 6.18 Å². The van der Waals surface area contributed by atoms with Crippen molar-refractivity contribution < 1.29 is 23.1 Å². The fourth-order valence-electron chi connectivity index (χ4n) is 2.07. The van der Waals surface area contributed by atoms with Crippen molar-refractivity contribution in [2.45, 2.75) is 25.6 Å². The molecule has 1 aliphatic rings. The van der Waals surface area contributed by atoms with E-state index in [9.17, 15) is 23.1 Å². The molecular formula is C13H16F3N3O2. The third kappa shape index (κ3) is 3.84. The molecule has 5 nitrogen and oxygen atoms in total. The van der Waals surface area contributed by atoms with Gasteiger partial charge in [0.15, 0.2) is 0 Å².